The number of carbonyl (C=O) groups excluding carboxylic acids is 1. The van der Waals surface area contributed by atoms with Crippen LogP contribution < -0.4 is 14.9 Å². The Bertz CT molecular complexity index is 671. The van der Waals surface area contributed by atoms with Crippen molar-refractivity contribution >= 4 is 5.91 Å². The van der Waals surface area contributed by atoms with E-state index in [-0.39, 0.29) is 5.91 Å². The highest BCUT2D eigenvalue weighted by atomic mass is 16.6. The first-order chi connectivity index (χ1) is 18.4. The van der Waals surface area contributed by atoms with E-state index < -0.39 is 0 Å². The summed E-state index contributed by atoms with van der Waals surface area (Å²) in [5.41, 5.74) is 4.67. The second-order valence-corrected chi connectivity index (χ2v) is 9.93. The fourth-order valence-electron chi connectivity index (χ4n) is 3.64. The number of amides is 1. The molecule has 0 unspecified atom stereocenters. The highest BCUT2D eigenvalue weighted by Crippen LogP contribution is 2.30. The van der Waals surface area contributed by atoms with E-state index >= 15 is 0 Å². The largest absolute Gasteiger partial charge is 0.486 e. The molecule has 1 saturated heterocycles. The third kappa shape index (κ3) is 20.2. The van der Waals surface area contributed by atoms with E-state index in [0.29, 0.717) is 25.0 Å². The molecular weight excluding hydrogens is 472 g/mol. The molecule has 1 aromatic rings. The summed E-state index contributed by atoms with van der Waals surface area (Å²) in [5.74, 6) is 1.96. The molecule has 38 heavy (non-hydrogen) atoms. The Morgan fingerprint density at radius 3 is 1.95 bits per heavy atom. The van der Waals surface area contributed by atoms with E-state index in [4.69, 9.17) is 9.47 Å². The summed E-state index contributed by atoms with van der Waals surface area (Å²) in [7, 11) is 0. The average molecular weight is 537 g/mol. The molecule has 1 saturated carbocycles. The first-order valence-corrected chi connectivity index (χ1v) is 15.9. The van der Waals surface area contributed by atoms with Crippen LogP contribution in [0.1, 0.15) is 139 Å². The van der Waals surface area contributed by atoms with Gasteiger partial charge in [0.1, 0.15) is 13.2 Å². The standard InChI is InChI=1S/C14H28N2O.C10H12O2.C3H6.3C2H6/c1-4-5-6-7-8-9-13(17)15-16-11-10-14(2,3)12-16;1-2-8-3-4-9-10(7-8)12-6-5-11-9;1-2-3-1;3*1-2/h4-12H2,1-3H3,(H,15,17);3-4,7H,2,5-6H2,1H3;1-3H2;3*1-2H3. The van der Waals surface area contributed by atoms with Gasteiger partial charge in [0.25, 0.3) is 0 Å². The van der Waals surface area contributed by atoms with Gasteiger partial charge < -0.3 is 9.47 Å². The Hall–Kier alpha value is -1.75. The summed E-state index contributed by atoms with van der Waals surface area (Å²) in [5, 5.41) is 2.08. The van der Waals surface area contributed by atoms with E-state index in [1.165, 1.54) is 56.9 Å². The van der Waals surface area contributed by atoms with Crippen LogP contribution in [-0.4, -0.2) is 37.2 Å². The van der Waals surface area contributed by atoms with Gasteiger partial charge in [-0.1, -0.05) is 120 Å². The monoisotopic (exact) mass is 536 g/mol. The molecule has 1 aliphatic carbocycles. The molecule has 0 aromatic heterocycles. The fourth-order valence-corrected chi connectivity index (χ4v) is 3.64. The maximum atomic E-state index is 11.7. The molecule has 0 atom stereocenters. The molecule has 0 bridgehead atoms. The van der Waals surface area contributed by atoms with Gasteiger partial charge in [-0.3, -0.25) is 10.2 Å². The Kier molecular flexibility index (Phi) is 25.8. The summed E-state index contributed by atoms with van der Waals surface area (Å²) in [6.45, 7) is 24.2. The second kappa shape index (κ2) is 25.5. The zero-order valence-corrected chi connectivity index (χ0v) is 27.0. The number of hydrogen-bond donors (Lipinski definition) is 1. The molecule has 0 spiro atoms. The minimum Gasteiger partial charge on any atom is -0.486 e. The van der Waals surface area contributed by atoms with Gasteiger partial charge in [-0.2, -0.15) is 0 Å². The smallest absolute Gasteiger partial charge is 0.234 e. The number of aryl methyl sites for hydroxylation is 1. The van der Waals surface area contributed by atoms with E-state index in [9.17, 15) is 4.79 Å². The molecule has 1 amide bonds. The number of benzene rings is 1. The SMILES string of the molecule is C1CC1.CC.CC.CC.CCCCCCCC(=O)NN1CCC(C)(C)C1.CCc1ccc2c(c1)OCCO2. The zero-order chi connectivity index (χ0) is 29.2. The van der Waals surface area contributed by atoms with Gasteiger partial charge in [-0.25, -0.2) is 5.01 Å². The van der Waals surface area contributed by atoms with Crippen LogP contribution in [0.15, 0.2) is 18.2 Å². The number of rotatable bonds is 8. The molecule has 4 rings (SSSR count). The lowest BCUT2D eigenvalue weighted by atomic mass is 9.93. The maximum Gasteiger partial charge on any atom is 0.234 e. The van der Waals surface area contributed by atoms with Crippen LogP contribution in [0.5, 0.6) is 11.5 Å². The molecule has 2 heterocycles. The topological polar surface area (TPSA) is 50.8 Å². The third-order valence-corrected chi connectivity index (χ3v) is 5.84. The predicted octanol–water partition coefficient (Wildman–Crippen LogP) is 9.38. The highest BCUT2D eigenvalue weighted by molar-refractivity contribution is 5.75. The van der Waals surface area contributed by atoms with Crippen LogP contribution in [0.4, 0.5) is 0 Å². The van der Waals surface area contributed by atoms with Crippen molar-refractivity contribution in [3.63, 3.8) is 0 Å². The minimum absolute atomic E-state index is 0.194. The lowest BCUT2D eigenvalue weighted by Crippen LogP contribution is -2.41. The Labute approximate surface area is 237 Å². The molecule has 5 nitrogen and oxygen atoms in total. The third-order valence-electron chi connectivity index (χ3n) is 5.84. The van der Waals surface area contributed by atoms with E-state index in [1.807, 2.05) is 47.6 Å². The van der Waals surface area contributed by atoms with E-state index in [2.05, 4.69) is 50.3 Å². The summed E-state index contributed by atoms with van der Waals surface area (Å²) < 4.78 is 10.8. The first-order valence-electron chi connectivity index (χ1n) is 15.9. The van der Waals surface area contributed by atoms with Gasteiger partial charge in [0.15, 0.2) is 11.5 Å². The quantitative estimate of drug-likeness (QED) is 0.336. The minimum atomic E-state index is 0.194. The maximum absolute atomic E-state index is 11.7. The van der Waals surface area contributed by atoms with Crippen LogP contribution in [0.25, 0.3) is 0 Å². The van der Waals surface area contributed by atoms with Crippen molar-refractivity contribution in [1.82, 2.24) is 10.4 Å². The Balaban J connectivity index is 0. The van der Waals surface area contributed by atoms with Crippen molar-refractivity contribution in [1.29, 1.82) is 0 Å². The molecule has 1 N–H and O–H groups in total. The zero-order valence-electron chi connectivity index (χ0n) is 27.0. The molecule has 5 heteroatoms. The number of nitrogens with zero attached hydrogens (tertiary/aromatic N) is 1. The van der Waals surface area contributed by atoms with Crippen LogP contribution in [0, 0.1) is 5.41 Å². The van der Waals surface area contributed by atoms with Crippen LogP contribution >= 0.6 is 0 Å². The molecule has 0 radical (unpaired) electrons. The van der Waals surface area contributed by atoms with Gasteiger partial charge in [0, 0.05) is 19.5 Å². The molecule has 224 valence electrons. The highest BCUT2D eigenvalue weighted by Gasteiger charge is 2.29. The Morgan fingerprint density at radius 1 is 0.868 bits per heavy atom. The van der Waals surface area contributed by atoms with E-state index in [1.54, 1.807) is 0 Å². The fraction of sp³-hybridized carbons (Fsp3) is 0.788. The molecular formula is C33H64N2O3. The number of unbranched alkanes of at least 4 members (excludes halogenated alkanes) is 4. The summed E-state index contributed by atoms with van der Waals surface area (Å²) >= 11 is 0. The van der Waals surface area contributed by atoms with Gasteiger partial charge in [-0.05, 0) is 42.4 Å². The van der Waals surface area contributed by atoms with Crippen molar-refractivity contribution in [2.24, 2.45) is 5.41 Å². The summed E-state index contributed by atoms with van der Waals surface area (Å²) in [6.07, 6.45) is 13.4. The van der Waals surface area contributed by atoms with Crippen molar-refractivity contribution in [2.45, 2.75) is 140 Å². The van der Waals surface area contributed by atoms with Gasteiger partial charge in [0.05, 0.1) is 0 Å². The Morgan fingerprint density at radius 2 is 1.45 bits per heavy atom. The van der Waals surface area contributed by atoms with Crippen molar-refractivity contribution in [2.75, 3.05) is 26.3 Å². The average Bonchev–Trinajstić information content (AvgIpc) is 3.81. The van der Waals surface area contributed by atoms with Crippen LogP contribution in [0.3, 0.4) is 0 Å². The normalized spacial score (nSPS) is 15.6. The predicted molar refractivity (Wildman–Crippen MR) is 166 cm³/mol. The lowest BCUT2D eigenvalue weighted by molar-refractivity contribution is -0.125. The molecule has 1 aromatic carbocycles. The lowest BCUT2D eigenvalue weighted by Gasteiger charge is -2.20. The number of hydrazine groups is 1. The number of nitrogens with one attached hydrogen (secondary N) is 1. The van der Waals surface area contributed by atoms with E-state index in [0.717, 1.165) is 37.4 Å². The van der Waals surface area contributed by atoms with Crippen molar-refractivity contribution in [3.05, 3.63) is 23.8 Å². The number of hydrogen-bond acceptors (Lipinski definition) is 4. The number of carbonyl (C=O) groups is 1. The van der Waals surface area contributed by atoms with Crippen molar-refractivity contribution in [3.8, 4) is 11.5 Å². The second-order valence-electron chi connectivity index (χ2n) is 9.93. The van der Waals surface area contributed by atoms with Crippen LogP contribution in [0.2, 0.25) is 0 Å². The summed E-state index contributed by atoms with van der Waals surface area (Å²) in [4.78, 5) is 11.7. The molecule has 3 aliphatic rings. The van der Waals surface area contributed by atoms with Crippen LogP contribution in [-0.2, 0) is 11.2 Å². The number of ether oxygens (including phenoxy) is 2. The van der Waals surface area contributed by atoms with Gasteiger partial charge >= 0.3 is 0 Å². The molecule has 2 aliphatic heterocycles. The first kappa shape index (κ1) is 38.4. The molecule has 2 fully saturated rings. The summed E-state index contributed by atoms with van der Waals surface area (Å²) in [6, 6.07) is 6.11. The van der Waals surface area contributed by atoms with Gasteiger partial charge in [-0.15, -0.1) is 0 Å². The van der Waals surface area contributed by atoms with Gasteiger partial charge in [0.2, 0.25) is 5.91 Å². The van der Waals surface area contributed by atoms with Crippen molar-refractivity contribution < 1.29 is 14.3 Å². The number of fused-ring (bicyclic) bond motifs is 1.